The van der Waals surface area contributed by atoms with E-state index < -0.39 is 16.8 Å². The number of hydrogen-bond donors (Lipinski definition) is 2. The largest absolute Gasteiger partial charge is 0.508 e. The molecule has 142 valence electrons. The van der Waals surface area contributed by atoms with E-state index >= 15 is 0 Å². The first-order chi connectivity index (χ1) is 13.5. The number of ether oxygens (including phenoxy) is 1. The minimum Gasteiger partial charge on any atom is -0.508 e. The molecule has 1 aliphatic rings. The number of aromatic hydroxyl groups is 1. The van der Waals surface area contributed by atoms with E-state index in [4.69, 9.17) is 9.15 Å². The summed E-state index contributed by atoms with van der Waals surface area (Å²) in [7, 11) is 0. The van der Waals surface area contributed by atoms with Gasteiger partial charge in [-0.2, -0.15) is 0 Å². The summed E-state index contributed by atoms with van der Waals surface area (Å²) in [6.45, 7) is -0.138. The number of nitrogens with one attached hydrogen (secondary N) is 1. The van der Waals surface area contributed by atoms with Crippen LogP contribution in [-0.2, 0) is 20.9 Å². The third-order valence-electron chi connectivity index (χ3n) is 4.26. The number of fused-ring (bicyclic) bond motifs is 2. The molecular formula is C20H15NO6S. The molecule has 1 amide bonds. The fourth-order valence-electron chi connectivity index (χ4n) is 2.93. The summed E-state index contributed by atoms with van der Waals surface area (Å²) in [5.74, 6) is -0.834. The van der Waals surface area contributed by atoms with Crippen LogP contribution in [0.4, 0.5) is 5.69 Å². The van der Waals surface area contributed by atoms with Gasteiger partial charge in [-0.3, -0.25) is 9.59 Å². The van der Waals surface area contributed by atoms with Gasteiger partial charge in [0, 0.05) is 28.0 Å². The van der Waals surface area contributed by atoms with Gasteiger partial charge >= 0.3 is 11.6 Å². The molecule has 0 saturated heterocycles. The van der Waals surface area contributed by atoms with E-state index in [0.717, 1.165) is 10.6 Å². The van der Waals surface area contributed by atoms with Crippen LogP contribution in [0.15, 0.2) is 62.6 Å². The topological polar surface area (TPSA) is 106 Å². The first-order valence-electron chi connectivity index (χ1n) is 8.47. The molecule has 1 aromatic heterocycles. The van der Waals surface area contributed by atoms with Gasteiger partial charge in [0.2, 0.25) is 5.91 Å². The highest BCUT2D eigenvalue weighted by molar-refractivity contribution is 8.01. The number of rotatable bonds is 4. The van der Waals surface area contributed by atoms with Gasteiger partial charge in [-0.25, -0.2) is 4.79 Å². The zero-order chi connectivity index (χ0) is 19.7. The molecule has 8 heteroatoms. The molecule has 0 saturated carbocycles. The summed E-state index contributed by atoms with van der Waals surface area (Å²) >= 11 is 1.32. The molecule has 7 nitrogen and oxygen atoms in total. The lowest BCUT2D eigenvalue weighted by Crippen LogP contribution is -2.31. The van der Waals surface area contributed by atoms with Crippen LogP contribution >= 0.6 is 11.8 Å². The molecular weight excluding hydrogens is 382 g/mol. The fourth-order valence-corrected chi connectivity index (χ4v) is 4.03. The van der Waals surface area contributed by atoms with E-state index in [1.807, 2.05) is 18.2 Å². The lowest BCUT2D eigenvalue weighted by atomic mass is 10.1. The Morgan fingerprint density at radius 3 is 2.86 bits per heavy atom. The number of amides is 1. The van der Waals surface area contributed by atoms with Crippen LogP contribution in [0.25, 0.3) is 11.0 Å². The molecule has 0 unspecified atom stereocenters. The van der Waals surface area contributed by atoms with Crippen LogP contribution < -0.4 is 10.9 Å². The van der Waals surface area contributed by atoms with Crippen LogP contribution in [0, 0.1) is 0 Å². The lowest BCUT2D eigenvalue weighted by Gasteiger charge is -2.23. The van der Waals surface area contributed by atoms with E-state index in [9.17, 15) is 19.5 Å². The normalized spacial score (nSPS) is 15.7. The van der Waals surface area contributed by atoms with Crippen LogP contribution in [0.5, 0.6) is 5.75 Å². The van der Waals surface area contributed by atoms with Crippen molar-refractivity contribution in [1.82, 2.24) is 0 Å². The number of phenols is 1. The Labute approximate surface area is 163 Å². The van der Waals surface area contributed by atoms with E-state index in [2.05, 4.69) is 5.32 Å². The summed E-state index contributed by atoms with van der Waals surface area (Å²) in [6.07, 6.45) is -0.0923. The van der Waals surface area contributed by atoms with Crippen molar-refractivity contribution in [2.45, 2.75) is 23.2 Å². The highest BCUT2D eigenvalue weighted by Gasteiger charge is 2.29. The molecule has 0 spiro atoms. The molecule has 3 aromatic rings. The van der Waals surface area contributed by atoms with Gasteiger partial charge in [0.25, 0.3) is 0 Å². The SMILES string of the molecule is O=C(C[C@@H]1Sc2ccccc2NC1=O)OCc1cc(=O)oc2cc(O)ccc12. The Hall–Kier alpha value is -3.26. The first-order valence-corrected chi connectivity index (χ1v) is 9.35. The highest BCUT2D eigenvalue weighted by atomic mass is 32.2. The number of anilines is 1. The summed E-state index contributed by atoms with van der Waals surface area (Å²) in [5.41, 5.74) is 0.791. The minimum absolute atomic E-state index is 0.0367. The minimum atomic E-state index is -0.608. The highest BCUT2D eigenvalue weighted by Crippen LogP contribution is 2.36. The summed E-state index contributed by atoms with van der Waals surface area (Å²) in [6, 6.07) is 13.0. The smallest absolute Gasteiger partial charge is 0.336 e. The van der Waals surface area contributed by atoms with E-state index in [1.165, 1.54) is 30.0 Å². The van der Waals surface area contributed by atoms with Gasteiger partial charge in [-0.05, 0) is 24.3 Å². The molecule has 1 atom stereocenters. The molecule has 4 rings (SSSR count). The maximum atomic E-state index is 12.3. The second-order valence-electron chi connectivity index (χ2n) is 6.23. The van der Waals surface area contributed by atoms with Gasteiger partial charge in [0.15, 0.2) is 0 Å². The van der Waals surface area contributed by atoms with Crippen molar-refractivity contribution >= 4 is 40.3 Å². The zero-order valence-corrected chi connectivity index (χ0v) is 15.3. The third kappa shape index (κ3) is 3.72. The molecule has 0 bridgehead atoms. The number of para-hydroxylation sites is 1. The van der Waals surface area contributed by atoms with Gasteiger partial charge in [0.05, 0.1) is 17.4 Å². The Morgan fingerprint density at radius 2 is 2.00 bits per heavy atom. The second-order valence-corrected chi connectivity index (χ2v) is 7.47. The molecule has 0 fully saturated rings. The predicted molar refractivity (Wildman–Crippen MR) is 103 cm³/mol. The number of benzene rings is 2. The lowest BCUT2D eigenvalue weighted by molar-refractivity contribution is -0.145. The van der Waals surface area contributed by atoms with Gasteiger partial charge < -0.3 is 19.6 Å². The number of carbonyl (C=O) groups is 2. The maximum absolute atomic E-state index is 12.3. The average Bonchev–Trinajstić information content (AvgIpc) is 2.66. The van der Waals surface area contributed by atoms with Crippen molar-refractivity contribution in [1.29, 1.82) is 0 Å². The van der Waals surface area contributed by atoms with Gasteiger partial charge in [-0.1, -0.05) is 12.1 Å². The molecule has 2 N–H and O–H groups in total. The Balaban J connectivity index is 1.45. The summed E-state index contributed by atoms with van der Waals surface area (Å²) in [5, 5.41) is 12.3. The average molecular weight is 397 g/mol. The molecule has 28 heavy (non-hydrogen) atoms. The first kappa shape index (κ1) is 18.1. The second kappa shape index (κ2) is 7.40. The zero-order valence-electron chi connectivity index (χ0n) is 14.5. The van der Waals surface area contributed by atoms with Crippen LogP contribution in [0.3, 0.4) is 0 Å². The van der Waals surface area contributed by atoms with Crippen molar-refractivity contribution < 1.29 is 23.8 Å². The number of thioether (sulfide) groups is 1. The Kier molecular flexibility index (Phi) is 4.79. The van der Waals surface area contributed by atoms with Crippen LogP contribution in [0.2, 0.25) is 0 Å². The Morgan fingerprint density at radius 1 is 1.18 bits per heavy atom. The van der Waals surface area contributed by atoms with Gasteiger partial charge in [-0.15, -0.1) is 11.8 Å². The molecule has 0 aliphatic carbocycles. The monoisotopic (exact) mass is 397 g/mol. The summed E-state index contributed by atoms with van der Waals surface area (Å²) < 4.78 is 10.3. The summed E-state index contributed by atoms with van der Waals surface area (Å²) in [4.78, 5) is 37.0. The molecule has 2 aromatic carbocycles. The number of phenolic OH excluding ortho intramolecular Hbond substituents is 1. The fraction of sp³-hybridized carbons (Fsp3) is 0.150. The van der Waals surface area contributed by atoms with Crippen LogP contribution in [-0.4, -0.2) is 22.2 Å². The number of carbonyl (C=O) groups excluding carboxylic acids is 2. The van der Waals surface area contributed by atoms with Crippen molar-refractivity contribution in [3.63, 3.8) is 0 Å². The standard InChI is InChI=1S/C20H15NO6S/c22-12-5-6-13-11(7-19(24)27-15(13)8-12)10-26-18(23)9-17-20(25)21-14-3-1-2-4-16(14)28-17/h1-8,17,22H,9-10H2,(H,21,25)/t17-/m0/s1. The quantitative estimate of drug-likeness (QED) is 0.515. The van der Waals surface area contributed by atoms with Crippen LogP contribution in [0.1, 0.15) is 12.0 Å². The van der Waals surface area contributed by atoms with E-state index in [-0.39, 0.29) is 30.3 Å². The molecule has 0 radical (unpaired) electrons. The van der Waals surface area contributed by atoms with Crippen molar-refractivity contribution in [2.75, 3.05) is 5.32 Å². The molecule has 1 aliphatic heterocycles. The Bertz CT molecular complexity index is 1140. The predicted octanol–water partition coefficient (Wildman–Crippen LogP) is 3.04. The van der Waals surface area contributed by atoms with E-state index in [0.29, 0.717) is 10.9 Å². The number of hydrogen-bond acceptors (Lipinski definition) is 7. The third-order valence-corrected chi connectivity index (χ3v) is 5.54. The van der Waals surface area contributed by atoms with Crippen molar-refractivity contribution in [3.8, 4) is 5.75 Å². The molecule has 2 heterocycles. The van der Waals surface area contributed by atoms with Crippen molar-refractivity contribution in [3.05, 3.63) is 64.5 Å². The van der Waals surface area contributed by atoms with Crippen molar-refractivity contribution in [2.24, 2.45) is 0 Å². The van der Waals surface area contributed by atoms with Gasteiger partial charge in [0.1, 0.15) is 17.9 Å². The van der Waals surface area contributed by atoms with E-state index in [1.54, 1.807) is 12.1 Å². The maximum Gasteiger partial charge on any atom is 0.336 e. The number of esters is 1.